The highest BCUT2D eigenvalue weighted by Gasteiger charge is 2.21. The van der Waals surface area contributed by atoms with E-state index in [0.717, 1.165) is 5.56 Å². The van der Waals surface area contributed by atoms with Crippen LogP contribution in [-0.2, 0) is 14.8 Å². The molecule has 1 N–H and O–H groups in total. The van der Waals surface area contributed by atoms with Gasteiger partial charge in [0.15, 0.2) is 0 Å². The third kappa shape index (κ3) is 4.57. The normalized spacial score (nSPS) is 11.7. The van der Waals surface area contributed by atoms with E-state index in [0.29, 0.717) is 21.3 Å². The summed E-state index contributed by atoms with van der Waals surface area (Å²) in [5, 5.41) is 5.12. The van der Waals surface area contributed by atoms with E-state index in [1.807, 2.05) is 6.92 Å². The number of nitrogens with one attached hydrogen (secondary N) is 1. The van der Waals surface area contributed by atoms with Crippen LogP contribution in [0, 0.1) is 6.92 Å². The fraction of sp³-hybridized carbons (Fsp3) is 0.312. The highest BCUT2D eigenvalue weighted by Crippen LogP contribution is 2.23. The Hall–Kier alpha value is -1.41. The quantitative estimate of drug-likeness (QED) is 0.788. The average Bonchev–Trinajstić information content (AvgIpc) is 3.07. The summed E-state index contributed by atoms with van der Waals surface area (Å²) in [5.74, 6) is -0.165. The van der Waals surface area contributed by atoms with Crippen molar-refractivity contribution < 1.29 is 13.2 Å². The molecule has 0 aliphatic rings. The molecule has 5 nitrogen and oxygen atoms in total. The number of hydrogen-bond acceptors (Lipinski definition) is 4. The Morgan fingerprint density at radius 3 is 2.71 bits per heavy atom. The van der Waals surface area contributed by atoms with E-state index in [4.69, 9.17) is 11.6 Å². The molecule has 0 bridgehead atoms. The minimum absolute atomic E-state index is 0.165. The molecule has 0 saturated carbocycles. The van der Waals surface area contributed by atoms with Crippen LogP contribution in [0.4, 0.5) is 5.69 Å². The zero-order valence-electron chi connectivity index (χ0n) is 13.5. The molecular formula is C16H19ClN2O3S2. The number of benzene rings is 1. The Bertz CT molecular complexity index is 805. The second kappa shape index (κ2) is 8.11. The maximum Gasteiger partial charge on any atom is 0.252 e. The van der Waals surface area contributed by atoms with E-state index < -0.39 is 10.0 Å². The molecule has 0 spiro atoms. The van der Waals surface area contributed by atoms with Gasteiger partial charge in [0.25, 0.3) is 10.0 Å². The molecule has 2 rings (SSSR count). The Balaban J connectivity index is 1.85. The molecule has 1 aromatic carbocycles. The molecule has 0 atom stereocenters. The molecule has 1 aromatic heterocycles. The van der Waals surface area contributed by atoms with E-state index in [1.54, 1.807) is 35.7 Å². The van der Waals surface area contributed by atoms with Gasteiger partial charge in [0.05, 0.1) is 0 Å². The van der Waals surface area contributed by atoms with Crippen molar-refractivity contribution in [2.24, 2.45) is 0 Å². The van der Waals surface area contributed by atoms with Gasteiger partial charge in [0.1, 0.15) is 4.21 Å². The standard InChI is InChI=1S/C16H19ClN2O3S2/c1-12-13(17)6-3-7-14(12)18-15(20)8-4-10-19(2)24(21,22)16-9-5-11-23-16/h3,5-7,9,11H,4,8,10H2,1-2H3,(H,18,20). The van der Waals surface area contributed by atoms with Gasteiger partial charge in [-0.25, -0.2) is 12.7 Å². The van der Waals surface area contributed by atoms with Gasteiger partial charge in [-0.1, -0.05) is 23.7 Å². The number of nitrogens with zero attached hydrogens (tertiary/aromatic N) is 1. The molecule has 0 aliphatic heterocycles. The van der Waals surface area contributed by atoms with Crippen molar-refractivity contribution >= 4 is 44.6 Å². The van der Waals surface area contributed by atoms with Gasteiger partial charge in [-0.3, -0.25) is 4.79 Å². The van der Waals surface area contributed by atoms with Crippen molar-refractivity contribution in [2.45, 2.75) is 24.0 Å². The zero-order chi connectivity index (χ0) is 17.7. The van der Waals surface area contributed by atoms with Crippen LogP contribution in [0.15, 0.2) is 39.9 Å². The smallest absolute Gasteiger partial charge is 0.252 e. The van der Waals surface area contributed by atoms with Gasteiger partial charge < -0.3 is 5.32 Å². The Kier molecular flexibility index (Phi) is 6.40. The summed E-state index contributed by atoms with van der Waals surface area (Å²) in [6, 6.07) is 8.59. The zero-order valence-corrected chi connectivity index (χ0v) is 15.8. The van der Waals surface area contributed by atoms with Gasteiger partial charge in [0, 0.05) is 30.7 Å². The molecule has 0 radical (unpaired) electrons. The minimum atomic E-state index is -3.46. The molecule has 0 fully saturated rings. The lowest BCUT2D eigenvalue weighted by molar-refractivity contribution is -0.116. The molecule has 0 aliphatic carbocycles. The van der Waals surface area contributed by atoms with Crippen LogP contribution in [0.25, 0.3) is 0 Å². The summed E-state index contributed by atoms with van der Waals surface area (Å²) in [6.45, 7) is 2.11. The summed E-state index contributed by atoms with van der Waals surface area (Å²) in [6.07, 6.45) is 0.669. The van der Waals surface area contributed by atoms with Crippen LogP contribution < -0.4 is 5.32 Å². The monoisotopic (exact) mass is 386 g/mol. The highest BCUT2D eigenvalue weighted by atomic mass is 35.5. The third-order valence-electron chi connectivity index (χ3n) is 3.58. The van der Waals surface area contributed by atoms with Crippen molar-refractivity contribution in [2.75, 3.05) is 18.9 Å². The molecule has 1 heterocycles. The van der Waals surface area contributed by atoms with Crippen LogP contribution in [0.2, 0.25) is 5.02 Å². The Morgan fingerprint density at radius 1 is 1.29 bits per heavy atom. The predicted octanol–water partition coefficient (Wildman–Crippen LogP) is 3.75. The Labute approximate surface area is 151 Å². The molecule has 2 aromatic rings. The lowest BCUT2D eigenvalue weighted by Crippen LogP contribution is -2.28. The van der Waals surface area contributed by atoms with Gasteiger partial charge in [-0.2, -0.15) is 0 Å². The molecule has 24 heavy (non-hydrogen) atoms. The predicted molar refractivity (Wildman–Crippen MR) is 98.2 cm³/mol. The number of sulfonamides is 1. The number of carbonyl (C=O) groups excluding carboxylic acids is 1. The molecular weight excluding hydrogens is 368 g/mol. The summed E-state index contributed by atoms with van der Waals surface area (Å²) < 4.78 is 26.1. The summed E-state index contributed by atoms with van der Waals surface area (Å²) in [7, 11) is -1.94. The van der Waals surface area contributed by atoms with Crippen molar-refractivity contribution in [3.63, 3.8) is 0 Å². The van der Waals surface area contributed by atoms with Gasteiger partial charge in [-0.15, -0.1) is 11.3 Å². The molecule has 0 unspecified atom stereocenters. The topological polar surface area (TPSA) is 66.5 Å². The van der Waals surface area contributed by atoms with Gasteiger partial charge in [0.2, 0.25) is 5.91 Å². The maximum atomic E-state index is 12.3. The number of hydrogen-bond donors (Lipinski definition) is 1. The highest BCUT2D eigenvalue weighted by molar-refractivity contribution is 7.91. The second-order valence-corrected chi connectivity index (χ2v) is 8.95. The second-order valence-electron chi connectivity index (χ2n) is 5.32. The van der Waals surface area contributed by atoms with E-state index in [2.05, 4.69) is 5.32 Å². The lowest BCUT2D eigenvalue weighted by atomic mass is 10.2. The molecule has 0 saturated heterocycles. The third-order valence-corrected chi connectivity index (χ3v) is 7.22. The van der Waals surface area contributed by atoms with Gasteiger partial charge in [-0.05, 0) is 42.5 Å². The largest absolute Gasteiger partial charge is 0.326 e. The van der Waals surface area contributed by atoms with E-state index in [9.17, 15) is 13.2 Å². The SMILES string of the molecule is Cc1c(Cl)cccc1NC(=O)CCCN(C)S(=O)(=O)c1cccs1. The number of halogens is 1. The maximum absolute atomic E-state index is 12.3. The first-order chi connectivity index (χ1) is 11.3. The first-order valence-electron chi connectivity index (χ1n) is 7.37. The summed E-state index contributed by atoms with van der Waals surface area (Å²) in [5.41, 5.74) is 1.48. The number of rotatable bonds is 7. The van der Waals surface area contributed by atoms with E-state index in [-0.39, 0.29) is 18.9 Å². The van der Waals surface area contributed by atoms with Crippen LogP contribution >= 0.6 is 22.9 Å². The van der Waals surface area contributed by atoms with Crippen molar-refractivity contribution in [1.29, 1.82) is 0 Å². The first-order valence-corrected chi connectivity index (χ1v) is 10.1. The number of anilines is 1. The number of carbonyl (C=O) groups is 1. The summed E-state index contributed by atoms with van der Waals surface area (Å²) >= 11 is 7.20. The first kappa shape index (κ1) is 18.9. The fourth-order valence-electron chi connectivity index (χ4n) is 2.10. The molecule has 130 valence electrons. The van der Waals surface area contributed by atoms with E-state index in [1.165, 1.54) is 22.7 Å². The fourth-order valence-corrected chi connectivity index (χ4v) is 4.69. The number of amides is 1. The Morgan fingerprint density at radius 2 is 2.04 bits per heavy atom. The lowest BCUT2D eigenvalue weighted by Gasteiger charge is -2.16. The van der Waals surface area contributed by atoms with Gasteiger partial charge >= 0.3 is 0 Å². The van der Waals surface area contributed by atoms with Crippen molar-refractivity contribution in [1.82, 2.24) is 4.31 Å². The van der Waals surface area contributed by atoms with Crippen molar-refractivity contribution in [3.8, 4) is 0 Å². The summed E-state index contributed by atoms with van der Waals surface area (Å²) in [4.78, 5) is 12.0. The van der Waals surface area contributed by atoms with Crippen LogP contribution in [0.1, 0.15) is 18.4 Å². The molecule has 1 amide bonds. The minimum Gasteiger partial charge on any atom is -0.326 e. The van der Waals surface area contributed by atoms with Crippen molar-refractivity contribution in [3.05, 3.63) is 46.3 Å². The number of thiophene rings is 1. The average molecular weight is 387 g/mol. The van der Waals surface area contributed by atoms with Crippen LogP contribution in [0.3, 0.4) is 0 Å². The van der Waals surface area contributed by atoms with Crippen LogP contribution in [-0.4, -0.2) is 32.2 Å². The molecule has 8 heteroatoms. The van der Waals surface area contributed by atoms with Crippen LogP contribution in [0.5, 0.6) is 0 Å². The van der Waals surface area contributed by atoms with E-state index >= 15 is 0 Å².